The first kappa shape index (κ1) is 49.4. The molecule has 2 aliphatic heterocycles. The van der Waals surface area contributed by atoms with Crippen LogP contribution in [0.3, 0.4) is 0 Å². The topological polar surface area (TPSA) is 170 Å². The summed E-state index contributed by atoms with van der Waals surface area (Å²) in [6, 6.07) is 21.3. The van der Waals surface area contributed by atoms with Crippen LogP contribution in [0.4, 0.5) is 0 Å². The molecule has 7 heterocycles. The summed E-state index contributed by atoms with van der Waals surface area (Å²) < 4.78 is 26.6. The van der Waals surface area contributed by atoms with E-state index in [0.717, 1.165) is 103 Å². The number of aliphatic hydroxyl groups excluding tert-OH is 1. The molecule has 2 N–H and O–H groups in total. The summed E-state index contributed by atoms with van der Waals surface area (Å²) in [5.41, 5.74) is 9.35. The van der Waals surface area contributed by atoms with Gasteiger partial charge in [0, 0.05) is 98.5 Å². The normalized spacial score (nSPS) is 20.5. The molecular weight excluding hydrogens is 929 g/mol. The molecule has 3 fully saturated rings. The minimum atomic E-state index is -0.811. The average molecular weight is 995 g/mol. The van der Waals surface area contributed by atoms with E-state index in [0.29, 0.717) is 24.1 Å². The smallest absolute Gasteiger partial charge is 0.254 e. The van der Waals surface area contributed by atoms with Crippen LogP contribution in [0.5, 0.6) is 11.8 Å². The molecule has 15 nitrogen and oxygen atoms in total. The maximum Gasteiger partial charge on any atom is 0.254 e. The fourth-order valence-corrected chi connectivity index (χ4v) is 11.5. The number of aliphatic hydroxyl groups is 1. The molecule has 16 heteroatoms. The summed E-state index contributed by atoms with van der Waals surface area (Å²) in [4.78, 5) is 46.3. The molecule has 3 aliphatic rings. The van der Waals surface area contributed by atoms with Crippen molar-refractivity contribution in [2.45, 2.75) is 121 Å². The summed E-state index contributed by atoms with van der Waals surface area (Å²) in [6.45, 7) is 11.5. The number of pyridine rings is 2. The number of hydrogen-bond donors (Lipinski definition) is 2. The van der Waals surface area contributed by atoms with Crippen LogP contribution in [0.2, 0.25) is 0 Å². The number of carbonyl (C=O) groups is 2. The van der Waals surface area contributed by atoms with Gasteiger partial charge in [-0.25, -0.2) is 9.97 Å². The van der Waals surface area contributed by atoms with Crippen molar-refractivity contribution in [3.05, 3.63) is 108 Å². The van der Waals surface area contributed by atoms with Gasteiger partial charge >= 0.3 is 0 Å². The molecule has 0 unspecified atom stereocenters. The molecule has 2 amide bonds. The number of rotatable bonds is 19. The molecule has 7 aromatic rings. The zero-order valence-corrected chi connectivity index (χ0v) is 42.7. The number of β-amino-alcohol motifs (C(OH)–C–C–N with tert-alkyl or cyclic N) is 1. The second-order valence-corrected chi connectivity index (χ2v) is 21.1. The number of ether oxygens (including phenoxy) is 3. The van der Waals surface area contributed by atoms with Crippen LogP contribution in [0, 0.1) is 12.8 Å². The Labute approximate surface area is 424 Å². The molecule has 0 bridgehead atoms. The van der Waals surface area contributed by atoms with Gasteiger partial charge in [-0.05, 0) is 98.5 Å². The summed E-state index contributed by atoms with van der Waals surface area (Å²) >= 11 is 1.60. The van der Waals surface area contributed by atoms with Crippen LogP contribution in [0.15, 0.2) is 95.4 Å². The SMILES string of the molecule is Cc1ncsc1-c1ccc([C@H](C)NC(=O)[C@@H]2C[C@@H](O)CN2C(=O)[C@H](c2cc(OCCCCCN3CCC(OC4CC(Oc5ccc(-c6ccc7c8cnccc8n(C)c7c6)cn5)C4)CC3)no2)C(C)C)cc1. The van der Waals surface area contributed by atoms with Crippen LogP contribution in [0.25, 0.3) is 43.4 Å². The number of benzene rings is 2. The maximum absolute atomic E-state index is 14.2. The number of nitrogens with one attached hydrogen (secondary N) is 1. The molecule has 2 aromatic carbocycles. The Hall–Kier alpha value is -6.20. The lowest BCUT2D eigenvalue weighted by molar-refractivity contribution is -0.141. The molecule has 10 rings (SSSR count). The third-order valence-electron chi connectivity index (χ3n) is 14.9. The number of piperidine rings is 1. The minimum absolute atomic E-state index is 0.0684. The van der Waals surface area contributed by atoms with Crippen LogP contribution in [-0.4, -0.2) is 115 Å². The van der Waals surface area contributed by atoms with Gasteiger partial charge in [-0.2, -0.15) is 0 Å². The number of unbranched alkanes of at least 4 members (excludes halogenated alkanes) is 2. The highest BCUT2D eigenvalue weighted by Gasteiger charge is 2.44. The highest BCUT2D eigenvalue weighted by atomic mass is 32.1. The Morgan fingerprint density at radius 2 is 1.64 bits per heavy atom. The molecular formula is C56H66N8O7S. The van der Waals surface area contributed by atoms with Gasteiger partial charge in [-0.15, -0.1) is 11.3 Å². The van der Waals surface area contributed by atoms with E-state index in [2.05, 4.69) is 72.3 Å². The van der Waals surface area contributed by atoms with Crippen molar-refractivity contribution in [3.8, 4) is 33.3 Å². The van der Waals surface area contributed by atoms with Gasteiger partial charge in [0.2, 0.25) is 17.7 Å². The van der Waals surface area contributed by atoms with Crippen molar-refractivity contribution in [3.63, 3.8) is 0 Å². The standard InChI is InChI=1S/C56H66N8O7S/c1-34(2)53(56(67)64-32-41(65)26-49(64)55(66)60-35(3)37-9-11-38(12-10-37)54-36(4)59-33-72-54)50-29-52(61-71-50)68-24-8-6-7-21-63-22-18-42(19-23-63)69-43-27-44(28-43)70-51-16-14-40(30-58-51)39-13-15-45-46-31-57-20-17-47(46)62(5)48(45)25-39/h9-17,20,25,29-31,33-35,41-44,49,53,65H,6-8,18-19,21-24,26-28,32H2,1-5H3,(H,60,66)/t35-,41+,43?,44?,49-,53-/m0/s1. The van der Waals surface area contributed by atoms with Gasteiger partial charge in [0.15, 0.2) is 5.76 Å². The predicted molar refractivity (Wildman–Crippen MR) is 278 cm³/mol. The van der Waals surface area contributed by atoms with Gasteiger partial charge in [0.1, 0.15) is 18.1 Å². The van der Waals surface area contributed by atoms with Gasteiger partial charge in [-0.3, -0.25) is 14.6 Å². The van der Waals surface area contributed by atoms with Gasteiger partial charge in [0.05, 0.1) is 52.6 Å². The first-order valence-electron chi connectivity index (χ1n) is 25.7. The number of fused-ring (bicyclic) bond motifs is 3. The highest BCUT2D eigenvalue weighted by Crippen LogP contribution is 2.36. The average Bonchev–Trinajstić information content (AvgIpc) is 4.18. The van der Waals surface area contributed by atoms with Crippen molar-refractivity contribution in [2.24, 2.45) is 13.0 Å². The summed E-state index contributed by atoms with van der Waals surface area (Å²) in [5.74, 6) is -0.0482. The van der Waals surface area contributed by atoms with E-state index in [4.69, 9.17) is 18.7 Å². The first-order valence-corrected chi connectivity index (χ1v) is 26.6. The van der Waals surface area contributed by atoms with Crippen molar-refractivity contribution < 1.29 is 33.4 Å². The fraction of sp³-hybridized carbons (Fsp3) is 0.464. The molecule has 378 valence electrons. The predicted octanol–water partition coefficient (Wildman–Crippen LogP) is 9.43. The van der Waals surface area contributed by atoms with Gasteiger partial charge in [0.25, 0.3) is 5.88 Å². The Morgan fingerprint density at radius 3 is 2.39 bits per heavy atom. The van der Waals surface area contributed by atoms with Gasteiger partial charge in [-0.1, -0.05) is 50.2 Å². The molecule has 2 saturated heterocycles. The Morgan fingerprint density at radius 1 is 0.847 bits per heavy atom. The highest BCUT2D eigenvalue weighted by molar-refractivity contribution is 7.13. The Bertz CT molecular complexity index is 2960. The fourth-order valence-electron chi connectivity index (χ4n) is 10.7. The van der Waals surface area contributed by atoms with Crippen LogP contribution in [0.1, 0.15) is 101 Å². The number of likely N-dealkylation sites (tertiary alicyclic amines) is 2. The van der Waals surface area contributed by atoms with Crippen molar-refractivity contribution in [2.75, 3.05) is 32.8 Å². The van der Waals surface area contributed by atoms with E-state index in [9.17, 15) is 14.7 Å². The Kier molecular flexibility index (Phi) is 15.0. The molecule has 72 heavy (non-hydrogen) atoms. The molecule has 4 atom stereocenters. The van der Waals surface area contributed by atoms with E-state index in [1.807, 2.05) is 82.1 Å². The number of thiazole rings is 1. The van der Waals surface area contributed by atoms with Gasteiger partial charge < -0.3 is 43.5 Å². The van der Waals surface area contributed by atoms with Crippen molar-refractivity contribution in [1.29, 1.82) is 0 Å². The zero-order chi connectivity index (χ0) is 49.9. The Balaban J connectivity index is 0.606. The number of carbonyl (C=O) groups excluding carboxylic acids is 2. The van der Waals surface area contributed by atoms with Crippen LogP contribution in [-0.2, 0) is 21.4 Å². The molecule has 0 radical (unpaired) electrons. The minimum Gasteiger partial charge on any atom is -0.476 e. The van der Waals surface area contributed by atoms with Crippen molar-refractivity contribution in [1.82, 2.24) is 39.8 Å². The summed E-state index contributed by atoms with van der Waals surface area (Å²) in [6.07, 6.45) is 12.5. The maximum atomic E-state index is 14.2. The van der Waals surface area contributed by atoms with E-state index in [1.165, 1.54) is 21.3 Å². The number of amides is 2. The lowest BCUT2D eigenvalue weighted by Gasteiger charge is -2.39. The molecule has 1 saturated carbocycles. The molecule has 0 spiro atoms. The van der Waals surface area contributed by atoms with E-state index in [1.54, 1.807) is 17.4 Å². The second kappa shape index (κ2) is 21.9. The lowest BCUT2D eigenvalue weighted by Crippen LogP contribution is -2.48. The van der Waals surface area contributed by atoms with Crippen LogP contribution < -0.4 is 14.8 Å². The number of hydrogen-bond acceptors (Lipinski definition) is 13. The van der Waals surface area contributed by atoms with Crippen molar-refractivity contribution >= 4 is 45.0 Å². The monoisotopic (exact) mass is 994 g/mol. The first-order chi connectivity index (χ1) is 34.9. The number of aryl methyl sites for hydroxylation is 2. The summed E-state index contributed by atoms with van der Waals surface area (Å²) in [7, 11) is 2.10. The largest absolute Gasteiger partial charge is 0.476 e. The number of nitrogens with zero attached hydrogens (tertiary/aromatic N) is 7. The van der Waals surface area contributed by atoms with E-state index in [-0.39, 0.29) is 55.1 Å². The third kappa shape index (κ3) is 10.9. The quantitative estimate of drug-likeness (QED) is 0.0738. The molecule has 5 aromatic heterocycles. The third-order valence-corrected chi connectivity index (χ3v) is 15.9. The number of aromatic nitrogens is 5. The van der Waals surface area contributed by atoms with Crippen LogP contribution >= 0.6 is 11.3 Å². The van der Waals surface area contributed by atoms with E-state index < -0.39 is 18.1 Å². The second-order valence-electron chi connectivity index (χ2n) is 20.3. The van der Waals surface area contributed by atoms with E-state index >= 15 is 0 Å². The summed E-state index contributed by atoms with van der Waals surface area (Å²) in [5, 5.41) is 20.3. The molecule has 1 aliphatic carbocycles. The zero-order valence-electron chi connectivity index (χ0n) is 41.9. The lowest BCUT2D eigenvalue weighted by atomic mass is 9.91.